The van der Waals surface area contributed by atoms with Gasteiger partial charge in [-0.05, 0) is 80.3 Å². The molecule has 1 fully saturated rings. The molecule has 1 aliphatic heterocycles. The number of amides is 2. The lowest BCUT2D eigenvalue weighted by Gasteiger charge is -2.30. The van der Waals surface area contributed by atoms with E-state index in [-0.39, 0.29) is 11.8 Å². The van der Waals surface area contributed by atoms with Crippen LogP contribution in [0.3, 0.4) is 0 Å². The van der Waals surface area contributed by atoms with E-state index in [1.165, 1.54) is 0 Å². The number of nitrogens with one attached hydrogen (secondary N) is 1. The van der Waals surface area contributed by atoms with Crippen molar-refractivity contribution in [3.63, 3.8) is 0 Å². The molecule has 0 spiro atoms. The fourth-order valence-corrected chi connectivity index (χ4v) is 3.62. The minimum atomic E-state index is -0.192. The number of nitrogens with zero attached hydrogens (tertiary/aromatic N) is 3. The number of piperidine rings is 1. The summed E-state index contributed by atoms with van der Waals surface area (Å²) in [7, 11) is 0. The smallest absolute Gasteiger partial charge is 0.255 e. The Kier molecular flexibility index (Phi) is 5.65. The first kappa shape index (κ1) is 19.9. The molecule has 0 aliphatic carbocycles. The lowest BCUT2D eigenvalue weighted by atomic mass is 9.98. The van der Waals surface area contributed by atoms with Crippen LogP contribution >= 0.6 is 0 Å². The minimum Gasteiger partial charge on any atom is -0.339 e. The third kappa shape index (κ3) is 4.43. The first-order chi connectivity index (χ1) is 14.5. The van der Waals surface area contributed by atoms with Crippen LogP contribution in [0, 0.1) is 12.8 Å². The zero-order valence-electron chi connectivity index (χ0n) is 17.3. The van der Waals surface area contributed by atoms with Crippen molar-refractivity contribution in [2.75, 3.05) is 18.4 Å². The number of rotatable bonds is 4. The molecule has 4 rings (SSSR count). The predicted molar refractivity (Wildman–Crippen MR) is 117 cm³/mol. The highest BCUT2D eigenvalue weighted by Gasteiger charge is 2.21. The second kappa shape index (κ2) is 8.53. The molecule has 154 valence electrons. The molecule has 1 saturated heterocycles. The summed E-state index contributed by atoms with van der Waals surface area (Å²) in [6.07, 6.45) is 4.00. The molecule has 30 heavy (non-hydrogen) atoms. The Bertz CT molecular complexity index is 1030. The highest BCUT2D eigenvalue weighted by molar-refractivity contribution is 6.04. The number of aryl methyl sites for hydroxylation is 1. The summed E-state index contributed by atoms with van der Waals surface area (Å²) in [6, 6.07) is 16.3. The number of benzene rings is 2. The van der Waals surface area contributed by atoms with Crippen LogP contribution < -0.4 is 5.32 Å². The maximum absolute atomic E-state index is 12.6. The van der Waals surface area contributed by atoms with Crippen LogP contribution in [0.25, 0.3) is 5.69 Å². The van der Waals surface area contributed by atoms with Gasteiger partial charge < -0.3 is 10.2 Å². The van der Waals surface area contributed by atoms with Crippen LogP contribution in [-0.2, 0) is 0 Å². The topological polar surface area (TPSA) is 67.2 Å². The Morgan fingerprint density at radius 2 is 1.57 bits per heavy atom. The van der Waals surface area contributed by atoms with Crippen LogP contribution in [-0.4, -0.2) is 39.6 Å². The summed E-state index contributed by atoms with van der Waals surface area (Å²) in [6.45, 7) is 5.79. The normalized spacial score (nSPS) is 14.5. The summed E-state index contributed by atoms with van der Waals surface area (Å²) < 4.78 is 1.77. The quantitative estimate of drug-likeness (QED) is 0.707. The van der Waals surface area contributed by atoms with E-state index in [1.807, 2.05) is 36.2 Å². The summed E-state index contributed by atoms with van der Waals surface area (Å²) in [4.78, 5) is 27.1. The standard InChI is InChI=1S/C24H26N4O2/c1-17-11-14-27(15-12-17)24(30)20-3-7-21(8-4-20)25-23(29)19-5-9-22(10-6-19)28-16-13-18(2)26-28/h3-10,13,16-17H,11-12,14-15H2,1-2H3,(H,25,29). The SMILES string of the molecule is Cc1ccn(-c2ccc(C(=O)Nc3ccc(C(=O)N4CCC(C)CC4)cc3)cc2)n1. The van der Waals surface area contributed by atoms with Gasteiger partial charge in [0, 0.05) is 36.1 Å². The Balaban J connectivity index is 1.38. The van der Waals surface area contributed by atoms with Crippen molar-refractivity contribution >= 4 is 17.5 Å². The van der Waals surface area contributed by atoms with Gasteiger partial charge in [-0.3, -0.25) is 9.59 Å². The molecule has 2 aromatic carbocycles. The average Bonchev–Trinajstić information content (AvgIpc) is 3.21. The molecule has 6 heteroatoms. The van der Waals surface area contributed by atoms with Crippen molar-refractivity contribution in [2.24, 2.45) is 5.92 Å². The van der Waals surface area contributed by atoms with Gasteiger partial charge in [0.25, 0.3) is 11.8 Å². The van der Waals surface area contributed by atoms with Crippen molar-refractivity contribution < 1.29 is 9.59 Å². The number of hydrogen-bond donors (Lipinski definition) is 1. The van der Waals surface area contributed by atoms with Gasteiger partial charge in [0.05, 0.1) is 11.4 Å². The van der Waals surface area contributed by atoms with Crippen molar-refractivity contribution in [3.05, 3.63) is 77.6 Å². The maximum Gasteiger partial charge on any atom is 0.255 e. The summed E-state index contributed by atoms with van der Waals surface area (Å²) >= 11 is 0. The third-order valence-corrected chi connectivity index (χ3v) is 5.58. The molecular formula is C24H26N4O2. The van der Waals surface area contributed by atoms with Crippen LogP contribution in [0.5, 0.6) is 0 Å². The number of carbonyl (C=O) groups is 2. The van der Waals surface area contributed by atoms with Gasteiger partial charge in [-0.25, -0.2) is 4.68 Å². The second-order valence-corrected chi connectivity index (χ2v) is 7.95. The van der Waals surface area contributed by atoms with Crippen LogP contribution in [0.15, 0.2) is 60.8 Å². The van der Waals surface area contributed by atoms with E-state index in [0.717, 1.165) is 37.3 Å². The van der Waals surface area contributed by atoms with Crippen molar-refractivity contribution in [3.8, 4) is 5.69 Å². The van der Waals surface area contributed by atoms with Gasteiger partial charge in [-0.1, -0.05) is 6.92 Å². The van der Waals surface area contributed by atoms with E-state index in [9.17, 15) is 9.59 Å². The number of likely N-dealkylation sites (tertiary alicyclic amines) is 1. The summed E-state index contributed by atoms with van der Waals surface area (Å²) in [5.41, 5.74) is 3.71. The van der Waals surface area contributed by atoms with E-state index < -0.39 is 0 Å². The van der Waals surface area contributed by atoms with E-state index in [4.69, 9.17) is 0 Å². The number of hydrogen-bond acceptors (Lipinski definition) is 3. The summed E-state index contributed by atoms with van der Waals surface area (Å²) in [5, 5.41) is 7.25. The molecule has 2 heterocycles. The first-order valence-electron chi connectivity index (χ1n) is 10.3. The molecule has 3 aromatic rings. The van der Waals surface area contributed by atoms with Gasteiger partial charge >= 0.3 is 0 Å². The van der Waals surface area contributed by atoms with Crippen LogP contribution in [0.2, 0.25) is 0 Å². The van der Waals surface area contributed by atoms with Gasteiger partial charge in [0.2, 0.25) is 0 Å². The molecule has 0 saturated carbocycles. The van der Waals surface area contributed by atoms with Gasteiger partial charge in [0.15, 0.2) is 0 Å². The fraction of sp³-hybridized carbons (Fsp3) is 0.292. The Labute approximate surface area is 176 Å². The average molecular weight is 402 g/mol. The molecule has 0 unspecified atom stereocenters. The molecule has 0 radical (unpaired) electrons. The highest BCUT2D eigenvalue weighted by Crippen LogP contribution is 2.19. The molecule has 6 nitrogen and oxygen atoms in total. The van der Waals surface area contributed by atoms with Crippen molar-refractivity contribution in [1.82, 2.24) is 14.7 Å². The fourth-order valence-electron chi connectivity index (χ4n) is 3.62. The van der Waals surface area contributed by atoms with Crippen LogP contribution in [0.1, 0.15) is 46.2 Å². The second-order valence-electron chi connectivity index (χ2n) is 7.95. The Morgan fingerprint density at radius 3 is 2.17 bits per heavy atom. The first-order valence-corrected chi connectivity index (χ1v) is 10.3. The highest BCUT2D eigenvalue weighted by atomic mass is 16.2. The molecule has 0 bridgehead atoms. The zero-order chi connectivity index (χ0) is 21.1. The van der Waals surface area contributed by atoms with E-state index >= 15 is 0 Å². The molecule has 0 atom stereocenters. The zero-order valence-corrected chi connectivity index (χ0v) is 17.3. The third-order valence-electron chi connectivity index (χ3n) is 5.58. The molecule has 1 aromatic heterocycles. The minimum absolute atomic E-state index is 0.0595. The number of carbonyl (C=O) groups excluding carboxylic acids is 2. The van der Waals surface area contributed by atoms with Crippen molar-refractivity contribution in [1.29, 1.82) is 0 Å². The van der Waals surface area contributed by atoms with Gasteiger partial charge in [-0.2, -0.15) is 5.10 Å². The molecular weight excluding hydrogens is 376 g/mol. The van der Waals surface area contributed by atoms with Crippen LogP contribution in [0.4, 0.5) is 5.69 Å². The molecule has 2 amide bonds. The Hall–Kier alpha value is -3.41. The predicted octanol–water partition coefficient (Wildman–Crippen LogP) is 4.31. The lowest BCUT2D eigenvalue weighted by Crippen LogP contribution is -2.37. The van der Waals surface area contributed by atoms with E-state index in [0.29, 0.717) is 22.7 Å². The van der Waals surface area contributed by atoms with E-state index in [2.05, 4.69) is 17.3 Å². The van der Waals surface area contributed by atoms with Gasteiger partial charge in [-0.15, -0.1) is 0 Å². The largest absolute Gasteiger partial charge is 0.339 e. The lowest BCUT2D eigenvalue weighted by molar-refractivity contribution is 0.0697. The van der Waals surface area contributed by atoms with Gasteiger partial charge in [0.1, 0.15) is 0 Å². The van der Waals surface area contributed by atoms with E-state index in [1.54, 1.807) is 41.1 Å². The monoisotopic (exact) mass is 402 g/mol. The summed E-state index contributed by atoms with van der Waals surface area (Å²) in [5.74, 6) is 0.552. The molecule has 1 aliphatic rings. The molecule has 1 N–H and O–H groups in total. The maximum atomic E-state index is 12.6. The Morgan fingerprint density at radius 1 is 0.933 bits per heavy atom. The van der Waals surface area contributed by atoms with Crippen molar-refractivity contribution in [2.45, 2.75) is 26.7 Å². The number of anilines is 1. The number of aromatic nitrogens is 2.